The molecule has 0 radical (unpaired) electrons. The van der Waals surface area contributed by atoms with Gasteiger partial charge in [0.05, 0.1) is 0 Å². The maximum atomic E-state index is 3.58. The van der Waals surface area contributed by atoms with Crippen molar-refractivity contribution < 1.29 is 0 Å². The molecule has 2 aliphatic carbocycles. The molecule has 94 valence electrons. The summed E-state index contributed by atoms with van der Waals surface area (Å²) < 4.78 is 0. The highest BCUT2D eigenvalue weighted by molar-refractivity contribution is 7.12. The van der Waals surface area contributed by atoms with Crippen molar-refractivity contribution in [2.24, 2.45) is 17.8 Å². The molecule has 1 heterocycles. The van der Waals surface area contributed by atoms with Crippen molar-refractivity contribution in [2.45, 2.75) is 45.1 Å². The van der Waals surface area contributed by atoms with E-state index >= 15 is 0 Å². The van der Waals surface area contributed by atoms with Crippen molar-refractivity contribution in [3.8, 4) is 0 Å². The van der Waals surface area contributed by atoms with Crippen LogP contribution >= 0.6 is 11.3 Å². The van der Waals surface area contributed by atoms with Crippen LogP contribution in [0.5, 0.6) is 0 Å². The fraction of sp³-hybridized carbons (Fsp3) is 0.733. The van der Waals surface area contributed by atoms with Gasteiger partial charge in [-0.15, -0.1) is 11.3 Å². The number of nitrogens with one attached hydrogen (secondary N) is 1. The summed E-state index contributed by atoms with van der Waals surface area (Å²) >= 11 is 2.02. The fourth-order valence-electron chi connectivity index (χ4n) is 3.82. The summed E-state index contributed by atoms with van der Waals surface area (Å²) in [5, 5.41) is 3.58. The summed E-state index contributed by atoms with van der Waals surface area (Å²) in [7, 11) is 2.14. The lowest BCUT2D eigenvalue weighted by molar-refractivity contribution is 0.480. The van der Waals surface area contributed by atoms with Gasteiger partial charge in [-0.1, -0.05) is 19.8 Å². The van der Waals surface area contributed by atoms with E-state index in [0.29, 0.717) is 6.04 Å². The Morgan fingerprint density at radius 2 is 2.00 bits per heavy atom. The second-order valence-electron chi connectivity index (χ2n) is 5.61. The molecule has 17 heavy (non-hydrogen) atoms. The van der Waals surface area contributed by atoms with Crippen LogP contribution in [0.1, 0.15) is 48.4 Å². The summed E-state index contributed by atoms with van der Waals surface area (Å²) in [6.45, 7) is 2.25. The second-order valence-corrected chi connectivity index (χ2v) is 6.81. The molecule has 0 bridgehead atoms. The van der Waals surface area contributed by atoms with E-state index in [0.717, 1.165) is 17.8 Å². The number of rotatable bonds is 4. The lowest BCUT2D eigenvalue weighted by Gasteiger charge is -2.14. The summed E-state index contributed by atoms with van der Waals surface area (Å²) in [5.41, 5.74) is 0. The van der Waals surface area contributed by atoms with Crippen molar-refractivity contribution in [3.63, 3.8) is 0 Å². The Morgan fingerprint density at radius 1 is 1.29 bits per heavy atom. The van der Waals surface area contributed by atoms with Crippen molar-refractivity contribution in [3.05, 3.63) is 21.9 Å². The molecule has 2 fully saturated rings. The highest BCUT2D eigenvalue weighted by Crippen LogP contribution is 2.60. The Bertz CT molecular complexity index is 372. The average molecular weight is 249 g/mol. The van der Waals surface area contributed by atoms with Gasteiger partial charge in [-0.05, 0) is 56.2 Å². The van der Waals surface area contributed by atoms with Crippen molar-refractivity contribution in [1.29, 1.82) is 0 Å². The number of hydrogen-bond acceptors (Lipinski definition) is 2. The Labute approximate surface area is 109 Å². The molecule has 0 aromatic carbocycles. The van der Waals surface area contributed by atoms with E-state index in [9.17, 15) is 0 Å². The predicted molar refractivity (Wildman–Crippen MR) is 74.4 cm³/mol. The van der Waals surface area contributed by atoms with Gasteiger partial charge in [0.15, 0.2) is 0 Å². The summed E-state index contributed by atoms with van der Waals surface area (Å²) in [6.07, 6.45) is 7.09. The summed E-state index contributed by atoms with van der Waals surface area (Å²) in [6, 6.07) is 5.30. The molecule has 3 rings (SSSR count). The maximum absolute atomic E-state index is 3.58. The van der Waals surface area contributed by atoms with Gasteiger partial charge < -0.3 is 5.32 Å². The van der Waals surface area contributed by atoms with Gasteiger partial charge in [0.25, 0.3) is 0 Å². The standard InChI is InChI=1S/C15H23NS/c1-3-10-8-9-13(17-10)15(16-2)14-11-6-4-5-7-12(11)14/h8-9,11-12,14-16H,3-7H2,1-2H3. The zero-order chi connectivity index (χ0) is 11.8. The van der Waals surface area contributed by atoms with Crippen molar-refractivity contribution in [2.75, 3.05) is 7.05 Å². The molecule has 3 unspecified atom stereocenters. The van der Waals surface area contributed by atoms with Crippen LogP contribution in [0.15, 0.2) is 12.1 Å². The van der Waals surface area contributed by atoms with Gasteiger partial charge >= 0.3 is 0 Å². The van der Waals surface area contributed by atoms with E-state index in [1.807, 2.05) is 11.3 Å². The zero-order valence-electron chi connectivity index (χ0n) is 10.9. The SMILES string of the molecule is CCc1ccc(C(NC)C2C3CCCCC32)s1. The molecule has 0 saturated heterocycles. The van der Waals surface area contributed by atoms with Crippen LogP contribution in [-0.2, 0) is 6.42 Å². The maximum Gasteiger partial charge on any atom is 0.0446 e. The largest absolute Gasteiger partial charge is 0.312 e. The molecule has 2 aliphatic rings. The monoisotopic (exact) mass is 249 g/mol. The zero-order valence-corrected chi connectivity index (χ0v) is 11.7. The third-order valence-corrected chi connectivity index (χ3v) is 6.07. The van der Waals surface area contributed by atoms with E-state index < -0.39 is 0 Å². The second kappa shape index (κ2) is 4.74. The third kappa shape index (κ3) is 2.06. The summed E-state index contributed by atoms with van der Waals surface area (Å²) in [4.78, 5) is 3.10. The molecule has 1 aromatic rings. The van der Waals surface area contributed by atoms with Crippen LogP contribution in [0.25, 0.3) is 0 Å². The Kier molecular flexibility index (Phi) is 3.27. The Hall–Kier alpha value is -0.340. The van der Waals surface area contributed by atoms with E-state index in [4.69, 9.17) is 0 Å². The van der Waals surface area contributed by atoms with Crippen LogP contribution in [0.4, 0.5) is 0 Å². The normalized spacial score (nSPS) is 33.2. The van der Waals surface area contributed by atoms with Gasteiger partial charge in [-0.25, -0.2) is 0 Å². The molecule has 2 heteroatoms. The minimum absolute atomic E-state index is 0.633. The first kappa shape index (κ1) is 11.7. The number of hydrogen-bond donors (Lipinski definition) is 1. The van der Waals surface area contributed by atoms with Crippen LogP contribution < -0.4 is 5.32 Å². The van der Waals surface area contributed by atoms with E-state index in [1.165, 1.54) is 37.0 Å². The minimum Gasteiger partial charge on any atom is -0.312 e. The van der Waals surface area contributed by atoms with E-state index in [1.54, 1.807) is 4.88 Å². The van der Waals surface area contributed by atoms with Gasteiger partial charge in [-0.3, -0.25) is 0 Å². The van der Waals surface area contributed by atoms with Crippen molar-refractivity contribution >= 4 is 11.3 Å². The molecule has 1 N–H and O–H groups in total. The average Bonchev–Trinajstić information content (AvgIpc) is 2.88. The fourth-order valence-corrected chi connectivity index (χ4v) is 4.94. The third-order valence-electron chi connectivity index (χ3n) is 4.76. The topological polar surface area (TPSA) is 12.0 Å². The Morgan fingerprint density at radius 3 is 2.53 bits per heavy atom. The van der Waals surface area contributed by atoms with Crippen molar-refractivity contribution in [1.82, 2.24) is 5.32 Å². The quantitative estimate of drug-likeness (QED) is 0.850. The lowest BCUT2D eigenvalue weighted by Crippen LogP contribution is -2.18. The number of fused-ring (bicyclic) bond motifs is 1. The van der Waals surface area contributed by atoms with Crippen LogP contribution in [-0.4, -0.2) is 7.05 Å². The molecular weight excluding hydrogens is 226 g/mol. The van der Waals surface area contributed by atoms with Gasteiger partial charge in [0.2, 0.25) is 0 Å². The molecular formula is C15H23NS. The van der Waals surface area contributed by atoms with Gasteiger partial charge in [0.1, 0.15) is 0 Å². The lowest BCUT2D eigenvalue weighted by atomic mass is 10.0. The number of aryl methyl sites for hydroxylation is 1. The minimum atomic E-state index is 0.633. The molecule has 1 aromatic heterocycles. The van der Waals surface area contributed by atoms with Crippen LogP contribution in [0.2, 0.25) is 0 Å². The van der Waals surface area contributed by atoms with E-state index in [-0.39, 0.29) is 0 Å². The van der Waals surface area contributed by atoms with Crippen LogP contribution in [0.3, 0.4) is 0 Å². The molecule has 0 aliphatic heterocycles. The first-order valence-electron chi connectivity index (χ1n) is 7.11. The Balaban J connectivity index is 1.75. The number of thiophene rings is 1. The molecule has 0 spiro atoms. The first-order chi connectivity index (χ1) is 8.35. The predicted octanol–water partition coefficient (Wildman–Crippen LogP) is 4.01. The molecule has 3 atom stereocenters. The highest BCUT2D eigenvalue weighted by Gasteiger charge is 2.54. The summed E-state index contributed by atoms with van der Waals surface area (Å²) in [5.74, 6) is 3.01. The van der Waals surface area contributed by atoms with Crippen LogP contribution in [0, 0.1) is 17.8 Å². The van der Waals surface area contributed by atoms with Gasteiger partial charge in [-0.2, -0.15) is 0 Å². The highest BCUT2D eigenvalue weighted by atomic mass is 32.1. The van der Waals surface area contributed by atoms with Gasteiger partial charge in [0, 0.05) is 15.8 Å². The smallest absolute Gasteiger partial charge is 0.0446 e. The molecule has 2 saturated carbocycles. The molecule has 0 amide bonds. The first-order valence-corrected chi connectivity index (χ1v) is 7.92. The molecule has 1 nitrogen and oxygen atoms in total. The van der Waals surface area contributed by atoms with E-state index in [2.05, 4.69) is 31.4 Å².